The van der Waals surface area contributed by atoms with Crippen molar-refractivity contribution in [1.82, 2.24) is 5.32 Å². The first kappa shape index (κ1) is 63.8. The van der Waals surface area contributed by atoms with Crippen molar-refractivity contribution in [2.45, 2.75) is 309 Å². The topological polar surface area (TPSA) is 95.9 Å². The van der Waals surface area contributed by atoms with Crippen molar-refractivity contribution < 1.29 is 24.5 Å². The lowest BCUT2D eigenvalue weighted by Gasteiger charge is -2.20. The Morgan fingerprint density at radius 3 is 1.21 bits per heavy atom. The molecule has 386 valence electrons. The molecule has 0 rings (SSSR count). The van der Waals surface area contributed by atoms with Crippen LogP contribution in [-0.4, -0.2) is 47.4 Å². The van der Waals surface area contributed by atoms with E-state index in [-0.39, 0.29) is 18.5 Å². The molecule has 1 amide bonds. The van der Waals surface area contributed by atoms with Gasteiger partial charge in [0.25, 0.3) is 0 Å². The first-order valence-corrected chi connectivity index (χ1v) is 28.9. The highest BCUT2D eigenvalue weighted by Crippen LogP contribution is 2.16. The van der Waals surface area contributed by atoms with E-state index in [0.29, 0.717) is 19.4 Å². The van der Waals surface area contributed by atoms with Crippen molar-refractivity contribution in [1.29, 1.82) is 0 Å². The Balaban J connectivity index is 3.47. The van der Waals surface area contributed by atoms with Gasteiger partial charge in [-0.1, -0.05) is 249 Å². The number of aliphatic hydroxyl groups excluding tert-OH is 2. The molecule has 6 heteroatoms. The molecule has 0 aromatic heterocycles. The maximum Gasteiger partial charge on any atom is 0.305 e. The molecule has 0 bridgehead atoms. The predicted molar refractivity (Wildman–Crippen MR) is 287 cm³/mol. The van der Waals surface area contributed by atoms with Gasteiger partial charge in [-0.3, -0.25) is 9.59 Å². The number of unbranched alkanes of at least 4 members (excludes halogenated alkanes) is 36. The summed E-state index contributed by atoms with van der Waals surface area (Å²) in [6.45, 7) is 4.85. The number of carbonyl (C=O) groups excluding carboxylic acids is 2. The lowest BCUT2D eigenvalue weighted by molar-refractivity contribution is -0.143. The van der Waals surface area contributed by atoms with Gasteiger partial charge in [-0.2, -0.15) is 0 Å². The van der Waals surface area contributed by atoms with Gasteiger partial charge in [0.1, 0.15) is 0 Å². The Bertz CT molecular complexity index is 1110. The standard InChI is InChI=1S/C60H111NO5/c1-3-5-7-9-11-13-15-29-33-36-40-44-48-52-58(63)57(56-62)61-59(64)53-49-45-41-37-34-30-27-25-23-21-19-17-16-18-20-22-24-26-28-31-35-39-43-47-51-55-66-60(65)54-50-46-42-38-32-14-12-10-8-6-4-2/h10,12,17-20,48,52,57-58,62-63H,3-9,11,13-16,21-47,49-51,53-56H2,1-2H3,(H,61,64)/b12-10-,19-17-,20-18-,52-48+. The number of esters is 1. The van der Waals surface area contributed by atoms with E-state index in [1.807, 2.05) is 6.08 Å². The number of aliphatic hydroxyl groups is 2. The lowest BCUT2D eigenvalue weighted by atomic mass is 10.0. The molecule has 6 nitrogen and oxygen atoms in total. The summed E-state index contributed by atoms with van der Waals surface area (Å²) >= 11 is 0. The fraction of sp³-hybridized carbons (Fsp3) is 0.833. The SMILES string of the molecule is CCCC/C=C\CCCCCCCC(=O)OCCCCCCCCCCC/C=C\C/C=C\CCCCCCCCCCCC(=O)NC(CO)C(O)/C=C/CCCCCCCCCCCCC. The van der Waals surface area contributed by atoms with E-state index >= 15 is 0 Å². The second-order valence-electron chi connectivity index (χ2n) is 19.6. The second kappa shape index (κ2) is 55.4. The van der Waals surface area contributed by atoms with E-state index < -0.39 is 12.1 Å². The fourth-order valence-electron chi connectivity index (χ4n) is 8.59. The van der Waals surface area contributed by atoms with Crippen LogP contribution >= 0.6 is 0 Å². The van der Waals surface area contributed by atoms with Crippen LogP contribution in [0.25, 0.3) is 0 Å². The largest absolute Gasteiger partial charge is 0.466 e. The minimum absolute atomic E-state index is 0.00325. The maximum absolute atomic E-state index is 12.4. The van der Waals surface area contributed by atoms with E-state index in [4.69, 9.17) is 4.74 Å². The highest BCUT2D eigenvalue weighted by Gasteiger charge is 2.18. The molecule has 0 aromatic rings. The fourth-order valence-corrected chi connectivity index (χ4v) is 8.59. The summed E-state index contributed by atoms with van der Waals surface area (Å²) in [6.07, 6.45) is 70.0. The predicted octanol–water partition coefficient (Wildman–Crippen LogP) is 17.8. The minimum atomic E-state index is -0.848. The molecule has 0 aromatic carbocycles. The summed E-state index contributed by atoms with van der Waals surface area (Å²) in [6, 6.07) is -0.632. The van der Waals surface area contributed by atoms with Gasteiger partial charge in [0, 0.05) is 12.8 Å². The highest BCUT2D eigenvalue weighted by molar-refractivity contribution is 5.76. The molecule has 66 heavy (non-hydrogen) atoms. The zero-order valence-corrected chi connectivity index (χ0v) is 43.9. The Hall–Kier alpha value is -2.18. The zero-order valence-electron chi connectivity index (χ0n) is 43.9. The van der Waals surface area contributed by atoms with Crippen molar-refractivity contribution in [3.8, 4) is 0 Å². The van der Waals surface area contributed by atoms with Crippen LogP contribution in [0, 0.1) is 0 Å². The van der Waals surface area contributed by atoms with Crippen LogP contribution in [0.4, 0.5) is 0 Å². The Kier molecular flexibility index (Phi) is 53.6. The molecule has 0 saturated carbocycles. The monoisotopic (exact) mass is 926 g/mol. The third kappa shape index (κ3) is 51.2. The molecule has 0 fully saturated rings. The number of hydrogen-bond acceptors (Lipinski definition) is 5. The Labute approximate surface area is 410 Å². The number of allylic oxidation sites excluding steroid dienone is 7. The number of rotatable bonds is 53. The molecule has 0 radical (unpaired) electrons. The first-order valence-electron chi connectivity index (χ1n) is 28.9. The Morgan fingerprint density at radius 2 is 0.773 bits per heavy atom. The number of amides is 1. The van der Waals surface area contributed by atoms with Gasteiger partial charge >= 0.3 is 5.97 Å². The van der Waals surface area contributed by atoms with Crippen LogP contribution < -0.4 is 5.32 Å². The van der Waals surface area contributed by atoms with Gasteiger partial charge < -0.3 is 20.3 Å². The van der Waals surface area contributed by atoms with E-state index in [9.17, 15) is 19.8 Å². The molecule has 2 unspecified atom stereocenters. The van der Waals surface area contributed by atoms with Crippen LogP contribution in [0.3, 0.4) is 0 Å². The van der Waals surface area contributed by atoms with Crippen molar-refractivity contribution in [3.05, 3.63) is 48.6 Å². The molecule has 0 saturated heterocycles. The smallest absolute Gasteiger partial charge is 0.305 e. The van der Waals surface area contributed by atoms with Gasteiger partial charge in [-0.25, -0.2) is 0 Å². The number of ether oxygens (including phenoxy) is 1. The van der Waals surface area contributed by atoms with Crippen molar-refractivity contribution in [3.63, 3.8) is 0 Å². The number of hydrogen-bond donors (Lipinski definition) is 3. The zero-order chi connectivity index (χ0) is 47.9. The lowest BCUT2D eigenvalue weighted by Crippen LogP contribution is -2.45. The van der Waals surface area contributed by atoms with Crippen molar-refractivity contribution in [2.24, 2.45) is 0 Å². The molecule has 0 heterocycles. The van der Waals surface area contributed by atoms with Crippen LogP contribution in [0.15, 0.2) is 48.6 Å². The summed E-state index contributed by atoms with van der Waals surface area (Å²) in [7, 11) is 0. The summed E-state index contributed by atoms with van der Waals surface area (Å²) in [5.41, 5.74) is 0. The summed E-state index contributed by atoms with van der Waals surface area (Å²) in [5.74, 6) is -0.0782. The third-order valence-corrected chi connectivity index (χ3v) is 13.1. The Morgan fingerprint density at radius 1 is 0.424 bits per heavy atom. The molecular weight excluding hydrogens is 815 g/mol. The van der Waals surface area contributed by atoms with Gasteiger partial charge in [0.2, 0.25) is 5.91 Å². The van der Waals surface area contributed by atoms with Crippen LogP contribution in [0.2, 0.25) is 0 Å². The van der Waals surface area contributed by atoms with E-state index in [1.54, 1.807) is 6.08 Å². The van der Waals surface area contributed by atoms with Crippen LogP contribution in [0.1, 0.15) is 296 Å². The quantitative estimate of drug-likeness (QED) is 0.0321. The molecule has 0 aliphatic heterocycles. The van der Waals surface area contributed by atoms with Crippen molar-refractivity contribution >= 4 is 11.9 Å². The average Bonchev–Trinajstić information content (AvgIpc) is 3.32. The summed E-state index contributed by atoms with van der Waals surface area (Å²) in [4.78, 5) is 24.4. The molecular formula is C60H111NO5. The molecule has 0 aliphatic carbocycles. The van der Waals surface area contributed by atoms with E-state index in [1.165, 1.54) is 218 Å². The molecule has 3 N–H and O–H groups in total. The van der Waals surface area contributed by atoms with Gasteiger partial charge in [0.15, 0.2) is 0 Å². The third-order valence-electron chi connectivity index (χ3n) is 13.1. The minimum Gasteiger partial charge on any atom is -0.466 e. The van der Waals surface area contributed by atoms with Gasteiger partial charge in [-0.15, -0.1) is 0 Å². The van der Waals surface area contributed by atoms with E-state index in [2.05, 4.69) is 55.6 Å². The van der Waals surface area contributed by atoms with Gasteiger partial charge in [0.05, 0.1) is 25.4 Å². The summed E-state index contributed by atoms with van der Waals surface area (Å²) in [5, 5.41) is 23.1. The number of nitrogens with one attached hydrogen (secondary N) is 1. The van der Waals surface area contributed by atoms with Crippen molar-refractivity contribution in [2.75, 3.05) is 13.2 Å². The summed E-state index contributed by atoms with van der Waals surface area (Å²) < 4.78 is 5.45. The molecule has 0 spiro atoms. The maximum atomic E-state index is 12.4. The van der Waals surface area contributed by atoms with Crippen LogP contribution in [0.5, 0.6) is 0 Å². The molecule has 2 atom stereocenters. The average molecular weight is 927 g/mol. The molecule has 0 aliphatic rings. The normalized spacial score (nSPS) is 13.0. The highest BCUT2D eigenvalue weighted by atomic mass is 16.5. The van der Waals surface area contributed by atoms with Gasteiger partial charge in [-0.05, 0) is 83.5 Å². The second-order valence-corrected chi connectivity index (χ2v) is 19.6. The number of carbonyl (C=O) groups is 2. The van der Waals surface area contributed by atoms with Crippen LogP contribution in [-0.2, 0) is 14.3 Å². The first-order chi connectivity index (χ1) is 32.5. The van der Waals surface area contributed by atoms with E-state index in [0.717, 1.165) is 51.4 Å².